The van der Waals surface area contributed by atoms with E-state index >= 15 is 0 Å². The molecule has 0 radical (unpaired) electrons. The van der Waals surface area contributed by atoms with Gasteiger partial charge in [-0.15, -0.1) is 0 Å². The fraction of sp³-hybridized carbons (Fsp3) is 0.588. The van der Waals surface area contributed by atoms with Gasteiger partial charge in [0.25, 0.3) is 0 Å². The van der Waals surface area contributed by atoms with Crippen molar-refractivity contribution in [3.63, 3.8) is 0 Å². The molecule has 0 bridgehead atoms. The normalized spacial score (nSPS) is 17.1. The second-order valence-corrected chi connectivity index (χ2v) is 6.94. The molecule has 1 aromatic carbocycles. The quantitative estimate of drug-likeness (QED) is 0.853. The zero-order chi connectivity index (χ0) is 14.2. The van der Waals surface area contributed by atoms with Gasteiger partial charge in [0.2, 0.25) is 0 Å². The van der Waals surface area contributed by atoms with Crippen LogP contribution in [0.1, 0.15) is 39.2 Å². The van der Waals surface area contributed by atoms with Gasteiger partial charge < -0.3 is 9.47 Å². The summed E-state index contributed by atoms with van der Waals surface area (Å²) in [6.07, 6.45) is 4.71. The summed E-state index contributed by atoms with van der Waals surface area (Å²) in [6, 6.07) is 6.68. The first kappa shape index (κ1) is 13.6. The van der Waals surface area contributed by atoms with E-state index in [2.05, 4.69) is 53.4 Å². The lowest BCUT2D eigenvalue weighted by Gasteiger charge is -2.19. The molecule has 2 aromatic rings. The van der Waals surface area contributed by atoms with E-state index in [1.165, 1.54) is 37.0 Å². The molecule has 0 unspecified atom stereocenters. The van der Waals surface area contributed by atoms with Crippen LogP contribution in [0.3, 0.4) is 0 Å². The van der Waals surface area contributed by atoms with Crippen molar-refractivity contribution in [3.05, 3.63) is 30.1 Å². The third kappa shape index (κ3) is 2.73. The third-order valence-corrected chi connectivity index (χ3v) is 4.34. The minimum absolute atomic E-state index is 0.193. The molecule has 0 aliphatic carbocycles. The van der Waals surface area contributed by atoms with Crippen LogP contribution in [0.2, 0.25) is 0 Å². The Kier molecular flexibility index (Phi) is 3.55. The second kappa shape index (κ2) is 5.21. The van der Waals surface area contributed by atoms with Crippen molar-refractivity contribution in [2.24, 2.45) is 0 Å². The Morgan fingerprint density at radius 1 is 1.10 bits per heavy atom. The third-order valence-electron chi connectivity index (χ3n) is 4.34. The van der Waals surface area contributed by atoms with Crippen molar-refractivity contribution in [1.82, 2.24) is 14.5 Å². The van der Waals surface area contributed by atoms with Crippen LogP contribution in [0.5, 0.6) is 0 Å². The highest BCUT2D eigenvalue weighted by Crippen LogP contribution is 2.25. The molecule has 3 rings (SSSR count). The summed E-state index contributed by atoms with van der Waals surface area (Å²) in [5.74, 6) is 0. The average molecular weight is 271 g/mol. The Morgan fingerprint density at radius 3 is 2.55 bits per heavy atom. The van der Waals surface area contributed by atoms with E-state index in [4.69, 9.17) is 0 Å². The second-order valence-electron chi connectivity index (χ2n) is 6.94. The van der Waals surface area contributed by atoms with Crippen molar-refractivity contribution in [2.45, 2.75) is 45.6 Å². The largest absolute Gasteiger partial charge is 0.329 e. The van der Waals surface area contributed by atoms with Crippen molar-refractivity contribution in [1.29, 1.82) is 0 Å². The molecule has 0 N–H and O–H groups in total. The van der Waals surface area contributed by atoms with Gasteiger partial charge in [0.15, 0.2) is 0 Å². The zero-order valence-electron chi connectivity index (χ0n) is 12.9. The minimum atomic E-state index is 0.193. The molecule has 2 heterocycles. The SMILES string of the molecule is CC(C)(C)c1ccc2ncn(CCN3CCCC3)c2c1. The van der Waals surface area contributed by atoms with Crippen molar-refractivity contribution < 1.29 is 0 Å². The molecule has 0 saturated carbocycles. The predicted molar refractivity (Wildman–Crippen MR) is 84.1 cm³/mol. The maximum atomic E-state index is 4.53. The standard InChI is InChI=1S/C17H25N3/c1-17(2,3)14-6-7-15-16(12-14)20(13-18-15)11-10-19-8-4-5-9-19/h6-7,12-13H,4-5,8-11H2,1-3H3. The molecule has 1 saturated heterocycles. The number of rotatable bonds is 3. The number of nitrogens with zero attached hydrogens (tertiary/aromatic N) is 3. The Labute approximate surface area is 121 Å². The number of likely N-dealkylation sites (tertiary alicyclic amines) is 1. The van der Waals surface area contributed by atoms with Gasteiger partial charge in [-0.25, -0.2) is 4.98 Å². The van der Waals surface area contributed by atoms with Gasteiger partial charge in [0, 0.05) is 13.1 Å². The Balaban J connectivity index is 1.83. The fourth-order valence-electron chi connectivity index (χ4n) is 2.96. The van der Waals surface area contributed by atoms with E-state index in [-0.39, 0.29) is 5.41 Å². The summed E-state index contributed by atoms with van der Waals surface area (Å²) in [5.41, 5.74) is 3.96. The van der Waals surface area contributed by atoms with Gasteiger partial charge in [-0.1, -0.05) is 26.8 Å². The highest BCUT2D eigenvalue weighted by Gasteiger charge is 2.16. The van der Waals surface area contributed by atoms with Crippen LogP contribution in [0, 0.1) is 0 Å². The van der Waals surface area contributed by atoms with E-state index in [0.29, 0.717) is 0 Å². The summed E-state index contributed by atoms with van der Waals surface area (Å²) >= 11 is 0. The molecule has 1 fully saturated rings. The van der Waals surface area contributed by atoms with Crippen molar-refractivity contribution in [3.8, 4) is 0 Å². The molecule has 108 valence electrons. The van der Waals surface area contributed by atoms with Crippen LogP contribution in [-0.2, 0) is 12.0 Å². The zero-order valence-corrected chi connectivity index (χ0v) is 12.9. The summed E-state index contributed by atoms with van der Waals surface area (Å²) in [5, 5.41) is 0. The molecule has 0 atom stereocenters. The van der Waals surface area contributed by atoms with Gasteiger partial charge >= 0.3 is 0 Å². The summed E-state index contributed by atoms with van der Waals surface area (Å²) in [4.78, 5) is 7.09. The molecule has 3 nitrogen and oxygen atoms in total. The smallest absolute Gasteiger partial charge is 0.0958 e. The van der Waals surface area contributed by atoms with Crippen LogP contribution in [0.15, 0.2) is 24.5 Å². The molecule has 0 amide bonds. The van der Waals surface area contributed by atoms with E-state index in [0.717, 1.165) is 18.6 Å². The number of benzene rings is 1. The van der Waals surface area contributed by atoms with E-state index in [1.54, 1.807) is 0 Å². The van der Waals surface area contributed by atoms with Crippen LogP contribution < -0.4 is 0 Å². The van der Waals surface area contributed by atoms with E-state index < -0.39 is 0 Å². The fourth-order valence-corrected chi connectivity index (χ4v) is 2.96. The summed E-state index contributed by atoms with van der Waals surface area (Å²) < 4.78 is 2.31. The van der Waals surface area contributed by atoms with Crippen LogP contribution in [-0.4, -0.2) is 34.1 Å². The van der Waals surface area contributed by atoms with Gasteiger partial charge in [0.1, 0.15) is 0 Å². The minimum Gasteiger partial charge on any atom is -0.329 e. The molecule has 1 aliphatic rings. The molecule has 0 spiro atoms. The Morgan fingerprint density at radius 2 is 1.85 bits per heavy atom. The topological polar surface area (TPSA) is 21.1 Å². The first-order valence-corrected chi connectivity index (χ1v) is 7.72. The highest BCUT2D eigenvalue weighted by atomic mass is 15.2. The van der Waals surface area contributed by atoms with Crippen molar-refractivity contribution in [2.75, 3.05) is 19.6 Å². The van der Waals surface area contributed by atoms with Gasteiger partial charge in [-0.3, -0.25) is 0 Å². The lowest BCUT2D eigenvalue weighted by atomic mass is 9.87. The van der Waals surface area contributed by atoms with E-state index in [1.807, 2.05) is 6.33 Å². The maximum absolute atomic E-state index is 4.53. The van der Waals surface area contributed by atoms with Crippen molar-refractivity contribution >= 4 is 11.0 Å². The van der Waals surface area contributed by atoms with Gasteiger partial charge in [-0.2, -0.15) is 0 Å². The van der Waals surface area contributed by atoms with Gasteiger partial charge in [-0.05, 0) is 49.0 Å². The Bertz CT molecular complexity index is 586. The molecule has 3 heteroatoms. The number of hydrogen-bond donors (Lipinski definition) is 0. The molecular formula is C17H25N3. The van der Waals surface area contributed by atoms with Crippen LogP contribution >= 0.6 is 0 Å². The van der Waals surface area contributed by atoms with E-state index in [9.17, 15) is 0 Å². The lowest BCUT2D eigenvalue weighted by molar-refractivity contribution is 0.324. The molecule has 1 aromatic heterocycles. The Hall–Kier alpha value is -1.35. The highest BCUT2D eigenvalue weighted by molar-refractivity contribution is 5.76. The van der Waals surface area contributed by atoms with Gasteiger partial charge in [0.05, 0.1) is 17.4 Å². The number of fused-ring (bicyclic) bond motifs is 1. The molecular weight excluding hydrogens is 246 g/mol. The molecule has 20 heavy (non-hydrogen) atoms. The number of hydrogen-bond acceptors (Lipinski definition) is 2. The monoisotopic (exact) mass is 271 g/mol. The predicted octanol–water partition coefficient (Wildman–Crippen LogP) is 3.43. The average Bonchev–Trinajstić information content (AvgIpc) is 3.04. The first-order valence-electron chi connectivity index (χ1n) is 7.72. The first-order chi connectivity index (χ1) is 9.54. The van der Waals surface area contributed by atoms with Crippen LogP contribution in [0.4, 0.5) is 0 Å². The lowest BCUT2D eigenvalue weighted by Crippen LogP contribution is -2.23. The molecule has 1 aliphatic heterocycles. The number of imidazole rings is 1. The summed E-state index contributed by atoms with van der Waals surface area (Å²) in [7, 11) is 0. The summed E-state index contributed by atoms with van der Waals surface area (Å²) in [6.45, 7) is 11.5. The maximum Gasteiger partial charge on any atom is 0.0958 e. The van der Waals surface area contributed by atoms with Crippen LogP contribution in [0.25, 0.3) is 11.0 Å². The number of aromatic nitrogens is 2.